The molecule has 1 aromatic carbocycles. The fourth-order valence-corrected chi connectivity index (χ4v) is 5.17. The molecule has 0 aromatic heterocycles. The summed E-state index contributed by atoms with van der Waals surface area (Å²) in [5.74, 6) is 0.954. The SMILES string of the molecule is CC(C)C1CCC(N)C(S(=O)(=O)c2ccc(Br)cc2)C1. The molecule has 1 fully saturated rings. The monoisotopic (exact) mass is 359 g/mol. The molecular weight excluding hydrogens is 338 g/mol. The molecule has 2 rings (SSSR count). The lowest BCUT2D eigenvalue weighted by Crippen LogP contribution is -2.45. The zero-order valence-electron chi connectivity index (χ0n) is 11.9. The third-order valence-corrected chi connectivity index (χ3v) is 7.16. The fraction of sp³-hybridized carbons (Fsp3) is 0.600. The van der Waals surface area contributed by atoms with Crippen LogP contribution < -0.4 is 5.73 Å². The third kappa shape index (κ3) is 3.26. The van der Waals surface area contributed by atoms with E-state index in [0.29, 0.717) is 23.2 Å². The van der Waals surface area contributed by atoms with Gasteiger partial charge >= 0.3 is 0 Å². The van der Waals surface area contributed by atoms with Gasteiger partial charge in [0.1, 0.15) is 0 Å². The van der Waals surface area contributed by atoms with Crippen LogP contribution >= 0.6 is 15.9 Å². The first kappa shape index (κ1) is 16.0. The molecule has 3 atom stereocenters. The summed E-state index contributed by atoms with van der Waals surface area (Å²) >= 11 is 3.33. The first-order valence-corrected chi connectivity index (χ1v) is 9.41. The molecule has 112 valence electrons. The van der Waals surface area contributed by atoms with Gasteiger partial charge in [-0.25, -0.2) is 8.42 Å². The van der Waals surface area contributed by atoms with Gasteiger partial charge < -0.3 is 5.73 Å². The van der Waals surface area contributed by atoms with E-state index in [1.54, 1.807) is 24.3 Å². The summed E-state index contributed by atoms with van der Waals surface area (Å²) < 4.78 is 26.4. The van der Waals surface area contributed by atoms with Crippen LogP contribution in [-0.4, -0.2) is 19.7 Å². The van der Waals surface area contributed by atoms with Crippen molar-refractivity contribution in [2.75, 3.05) is 0 Å². The number of halogens is 1. The summed E-state index contributed by atoms with van der Waals surface area (Å²) in [5.41, 5.74) is 6.11. The van der Waals surface area contributed by atoms with Crippen molar-refractivity contribution in [2.24, 2.45) is 17.6 Å². The zero-order valence-corrected chi connectivity index (χ0v) is 14.3. The quantitative estimate of drug-likeness (QED) is 0.899. The number of rotatable bonds is 3. The average molecular weight is 360 g/mol. The number of sulfone groups is 1. The summed E-state index contributed by atoms with van der Waals surface area (Å²) in [4.78, 5) is 0.380. The second kappa shape index (κ2) is 6.16. The van der Waals surface area contributed by atoms with Gasteiger partial charge in [0.2, 0.25) is 0 Å². The van der Waals surface area contributed by atoms with Crippen molar-refractivity contribution in [2.45, 2.75) is 49.3 Å². The van der Waals surface area contributed by atoms with Crippen LogP contribution in [0.5, 0.6) is 0 Å². The number of nitrogens with two attached hydrogens (primary N) is 1. The van der Waals surface area contributed by atoms with Gasteiger partial charge in [0.15, 0.2) is 9.84 Å². The fourth-order valence-electron chi connectivity index (χ4n) is 2.94. The van der Waals surface area contributed by atoms with Gasteiger partial charge in [0.25, 0.3) is 0 Å². The lowest BCUT2D eigenvalue weighted by molar-refractivity contribution is 0.261. The number of benzene rings is 1. The highest BCUT2D eigenvalue weighted by atomic mass is 79.9. The maximum Gasteiger partial charge on any atom is 0.182 e. The van der Waals surface area contributed by atoms with Crippen molar-refractivity contribution in [3.05, 3.63) is 28.7 Å². The second-order valence-electron chi connectivity index (χ2n) is 6.02. The molecule has 0 amide bonds. The van der Waals surface area contributed by atoms with Crippen LogP contribution in [0.1, 0.15) is 33.1 Å². The van der Waals surface area contributed by atoms with E-state index in [1.165, 1.54) is 0 Å². The molecule has 1 aliphatic carbocycles. The molecular formula is C15H22BrNO2S. The van der Waals surface area contributed by atoms with Crippen LogP contribution in [0.2, 0.25) is 0 Å². The van der Waals surface area contributed by atoms with Gasteiger partial charge in [-0.05, 0) is 55.4 Å². The van der Waals surface area contributed by atoms with Crippen molar-refractivity contribution in [3.8, 4) is 0 Å². The lowest BCUT2D eigenvalue weighted by Gasteiger charge is -2.35. The molecule has 0 bridgehead atoms. The smallest absolute Gasteiger partial charge is 0.182 e. The Morgan fingerprint density at radius 3 is 2.35 bits per heavy atom. The first-order valence-electron chi connectivity index (χ1n) is 7.07. The summed E-state index contributed by atoms with van der Waals surface area (Å²) in [6.07, 6.45) is 2.51. The molecule has 1 saturated carbocycles. The average Bonchev–Trinajstić information content (AvgIpc) is 2.39. The maximum absolute atomic E-state index is 12.8. The van der Waals surface area contributed by atoms with Crippen molar-refractivity contribution < 1.29 is 8.42 Å². The Morgan fingerprint density at radius 1 is 1.20 bits per heavy atom. The van der Waals surface area contributed by atoms with Crippen LogP contribution in [0.3, 0.4) is 0 Å². The summed E-state index contributed by atoms with van der Waals surface area (Å²) in [5, 5.41) is -0.454. The van der Waals surface area contributed by atoms with Crippen molar-refractivity contribution in [1.29, 1.82) is 0 Å². The zero-order chi connectivity index (χ0) is 14.9. The third-order valence-electron chi connectivity index (χ3n) is 4.37. The van der Waals surface area contributed by atoms with E-state index < -0.39 is 15.1 Å². The van der Waals surface area contributed by atoms with E-state index in [1.807, 2.05) is 0 Å². The number of hydrogen-bond acceptors (Lipinski definition) is 3. The molecule has 1 aromatic rings. The maximum atomic E-state index is 12.8. The highest BCUT2D eigenvalue weighted by molar-refractivity contribution is 9.10. The Labute approximate surface area is 130 Å². The molecule has 3 nitrogen and oxygen atoms in total. The topological polar surface area (TPSA) is 60.2 Å². The normalized spacial score (nSPS) is 27.8. The van der Waals surface area contributed by atoms with Crippen LogP contribution in [0.15, 0.2) is 33.6 Å². The molecule has 5 heteroatoms. The highest BCUT2D eigenvalue weighted by Gasteiger charge is 2.38. The van der Waals surface area contributed by atoms with Crippen LogP contribution in [0, 0.1) is 11.8 Å². The van der Waals surface area contributed by atoms with Crippen molar-refractivity contribution in [3.63, 3.8) is 0 Å². The molecule has 0 aliphatic heterocycles. The van der Waals surface area contributed by atoms with Crippen LogP contribution in [0.25, 0.3) is 0 Å². The molecule has 3 unspecified atom stereocenters. The minimum Gasteiger partial charge on any atom is -0.327 e. The van der Waals surface area contributed by atoms with Crippen LogP contribution in [0.4, 0.5) is 0 Å². The van der Waals surface area contributed by atoms with E-state index in [2.05, 4.69) is 29.8 Å². The van der Waals surface area contributed by atoms with E-state index >= 15 is 0 Å². The van der Waals surface area contributed by atoms with E-state index in [-0.39, 0.29) is 6.04 Å². The summed E-state index contributed by atoms with van der Waals surface area (Å²) in [7, 11) is -3.34. The first-order chi connectivity index (χ1) is 9.32. The molecule has 0 heterocycles. The Balaban J connectivity index is 2.29. The highest BCUT2D eigenvalue weighted by Crippen LogP contribution is 2.35. The van der Waals surface area contributed by atoms with Gasteiger partial charge in [-0.1, -0.05) is 29.8 Å². The summed E-state index contributed by atoms with van der Waals surface area (Å²) in [6, 6.07) is 6.59. The Bertz CT molecular complexity index is 554. The predicted molar refractivity (Wildman–Crippen MR) is 85.3 cm³/mol. The minimum absolute atomic E-state index is 0.251. The van der Waals surface area contributed by atoms with Crippen molar-refractivity contribution >= 4 is 25.8 Å². The molecule has 0 spiro atoms. The summed E-state index contributed by atoms with van der Waals surface area (Å²) in [6.45, 7) is 4.32. The van der Waals surface area contributed by atoms with E-state index in [0.717, 1.165) is 17.3 Å². The Morgan fingerprint density at radius 2 is 1.80 bits per heavy atom. The largest absolute Gasteiger partial charge is 0.327 e. The number of hydrogen-bond donors (Lipinski definition) is 1. The van der Waals surface area contributed by atoms with Gasteiger partial charge in [0.05, 0.1) is 10.1 Å². The second-order valence-corrected chi connectivity index (χ2v) is 9.10. The molecule has 2 N–H and O–H groups in total. The lowest BCUT2D eigenvalue weighted by atomic mass is 9.79. The molecule has 20 heavy (non-hydrogen) atoms. The molecule has 1 aliphatic rings. The van der Waals surface area contributed by atoms with Gasteiger partial charge in [-0.15, -0.1) is 0 Å². The molecule has 0 saturated heterocycles. The van der Waals surface area contributed by atoms with Gasteiger partial charge in [0, 0.05) is 10.5 Å². The predicted octanol–water partition coefficient (Wildman–Crippen LogP) is 3.37. The van der Waals surface area contributed by atoms with E-state index in [9.17, 15) is 8.42 Å². The van der Waals surface area contributed by atoms with Crippen LogP contribution in [-0.2, 0) is 9.84 Å². The van der Waals surface area contributed by atoms with E-state index in [4.69, 9.17) is 5.73 Å². The van der Waals surface area contributed by atoms with Gasteiger partial charge in [-0.2, -0.15) is 0 Å². The minimum atomic E-state index is -3.34. The van der Waals surface area contributed by atoms with Gasteiger partial charge in [-0.3, -0.25) is 0 Å². The Hall–Kier alpha value is -0.390. The Kier molecular flexibility index (Phi) is 4.92. The molecule has 0 radical (unpaired) electrons. The standard InChI is InChI=1S/C15H22BrNO2S/c1-10(2)11-3-8-14(17)15(9-11)20(18,19)13-6-4-12(16)5-7-13/h4-7,10-11,14-15H,3,8-9,17H2,1-2H3. The van der Waals surface area contributed by atoms with Crippen molar-refractivity contribution in [1.82, 2.24) is 0 Å².